The van der Waals surface area contributed by atoms with Crippen LogP contribution in [0.15, 0.2) is 0 Å². The minimum Gasteiger partial charge on any atom is -0.465 e. The molecule has 1 atom stereocenters. The van der Waals surface area contributed by atoms with Crippen LogP contribution < -0.4 is 0 Å². The largest absolute Gasteiger partial charge is 0.465 e. The molecule has 0 aliphatic heterocycles. The van der Waals surface area contributed by atoms with Crippen molar-refractivity contribution >= 4 is 5.97 Å². The lowest BCUT2D eigenvalue weighted by molar-refractivity contribution is -0.150. The fraction of sp³-hybridized carbons (Fsp3) is 0.955. The van der Waals surface area contributed by atoms with Crippen LogP contribution in [-0.2, 0) is 9.53 Å². The second-order valence-electron chi connectivity index (χ2n) is 6.09. The normalized spacial score (nSPS) is 14.7. The van der Waals surface area contributed by atoms with Gasteiger partial charge in [-0.15, -0.1) is 0 Å². The highest BCUT2D eigenvalue weighted by atomic mass is 16.5. The van der Waals surface area contributed by atoms with Crippen molar-refractivity contribution in [2.75, 3.05) is 6.61 Å². The fourth-order valence-corrected chi connectivity index (χ4v) is 2.61. The van der Waals surface area contributed by atoms with Crippen LogP contribution in [-0.4, -0.2) is 12.6 Å². The summed E-state index contributed by atoms with van der Waals surface area (Å²) in [5.41, 5.74) is 0. The maximum Gasteiger partial charge on any atom is 0.308 e. The molecule has 0 amide bonds. The summed E-state index contributed by atoms with van der Waals surface area (Å²) in [6, 6.07) is 0. The van der Waals surface area contributed by atoms with Crippen LogP contribution in [0.3, 0.4) is 0 Å². The monoisotopic (exact) mass is 344 g/mol. The third-order valence-electron chi connectivity index (χ3n) is 3.92. The van der Waals surface area contributed by atoms with Crippen molar-refractivity contribution in [3.05, 3.63) is 0 Å². The van der Waals surface area contributed by atoms with E-state index in [1.54, 1.807) is 0 Å². The third-order valence-corrected chi connectivity index (χ3v) is 3.92. The van der Waals surface area contributed by atoms with E-state index in [0.717, 1.165) is 25.7 Å². The molecule has 0 heterocycles. The van der Waals surface area contributed by atoms with Gasteiger partial charge in [0.1, 0.15) is 0 Å². The van der Waals surface area contributed by atoms with E-state index in [0.29, 0.717) is 12.5 Å². The van der Waals surface area contributed by atoms with Gasteiger partial charge in [0.25, 0.3) is 0 Å². The lowest BCUT2D eigenvalue weighted by atomic mass is 9.90. The van der Waals surface area contributed by atoms with Gasteiger partial charge in [0.05, 0.1) is 12.5 Å². The van der Waals surface area contributed by atoms with Gasteiger partial charge in [-0.1, -0.05) is 93.9 Å². The average molecular weight is 345 g/mol. The first kappa shape index (κ1) is 28.3. The number of esters is 1. The Hall–Kier alpha value is -0.530. The Balaban J connectivity index is -0.000000549. The van der Waals surface area contributed by atoms with E-state index in [1.807, 2.05) is 27.7 Å². The lowest BCUT2D eigenvalue weighted by Gasteiger charge is -2.22. The first-order chi connectivity index (χ1) is 11.7. The number of rotatable bonds is 7. The summed E-state index contributed by atoms with van der Waals surface area (Å²) >= 11 is 0. The van der Waals surface area contributed by atoms with E-state index < -0.39 is 0 Å². The van der Waals surface area contributed by atoms with E-state index in [-0.39, 0.29) is 11.9 Å². The molecule has 148 valence electrons. The Bertz CT molecular complexity index is 220. The van der Waals surface area contributed by atoms with Crippen LogP contribution in [0.2, 0.25) is 0 Å². The Kier molecular flexibility index (Phi) is 29.1. The number of carbonyl (C=O) groups excluding carboxylic acids is 1. The van der Waals surface area contributed by atoms with Gasteiger partial charge < -0.3 is 4.74 Å². The molecule has 0 radical (unpaired) electrons. The van der Waals surface area contributed by atoms with Crippen LogP contribution in [0, 0.1) is 11.8 Å². The molecule has 1 aliphatic rings. The van der Waals surface area contributed by atoms with Crippen molar-refractivity contribution in [1.82, 2.24) is 0 Å². The topological polar surface area (TPSA) is 26.3 Å². The zero-order valence-corrected chi connectivity index (χ0v) is 18.2. The molecular weight excluding hydrogens is 296 g/mol. The minimum absolute atomic E-state index is 0.0477. The summed E-state index contributed by atoms with van der Waals surface area (Å²) in [5, 5.41) is 0. The number of hydrogen-bond donors (Lipinski definition) is 0. The first-order valence-electron chi connectivity index (χ1n) is 10.9. The molecule has 24 heavy (non-hydrogen) atoms. The lowest BCUT2D eigenvalue weighted by Crippen LogP contribution is -2.22. The highest BCUT2D eigenvalue weighted by Crippen LogP contribution is 2.24. The summed E-state index contributed by atoms with van der Waals surface area (Å²) in [5.74, 6) is 0.821. The molecule has 1 rings (SSSR count). The standard InChI is InChI=1S/C15H28O2.C3H8.2C2H6/c1-3-5-11-14(4-2)15(16)17-12-13-9-7-6-8-10-13;1-3-2;2*1-2/h13-14H,3-12H2,1-2H3;3H2,1-2H3;2*1-2H3. The molecule has 0 aromatic rings. The Labute approximate surface area is 154 Å². The molecule has 0 aromatic carbocycles. The predicted molar refractivity (Wildman–Crippen MR) is 110 cm³/mol. The Morgan fingerprint density at radius 3 is 1.88 bits per heavy atom. The number of ether oxygens (including phenoxy) is 1. The van der Waals surface area contributed by atoms with Crippen molar-refractivity contribution in [1.29, 1.82) is 0 Å². The molecule has 1 aliphatic carbocycles. The van der Waals surface area contributed by atoms with E-state index in [1.165, 1.54) is 38.5 Å². The second-order valence-corrected chi connectivity index (χ2v) is 6.09. The Morgan fingerprint density at radius 2 is 1.46 bits per heavy atom. The summed E-state index contributed by atoms with van der Waals surface area (Å²) in [6.07, 6.45) is 11.9. The highest BCUT2D eigenvalue weighted by molar-refractivity contribution is 5.72. The zero-order valence-electron chi connectivity index (χ0n) is 18.2. The SMILES string of the molecule is CC.CC.CCC.CCCCC(CC)C(=O)OCC1CCCCC1. The summed E-state index contributed by atoms with van der Waals surface area (Å²) < 4.78 is 5.49. The van der Waals surface area contributed by atoms with Gasteiger partial charge in [-0.3, -0.25) is 4.79 Å². The smallest absolute Gasteiger partial charge is 0.308 e. The molecule has 0 bridgehead atoms. The summed E-state index contributed by atoms with van der Waals surface area (Å²) in [7, 11) is 0. The number of unbranched alkanes of at least 4 members (excludes halogenated alkanes) is 1. The van der Waals surface area contributed by atoms with Gasteiger partial charge >= 0.3 is 5.97 Å². The minimum atomic E-state index is 0.0477. The maximum absolute atomic E-state index is 11.9. The van der Waals surface area contributed by atoms with Crippen molar-refractivity contribution in [2.45, 2.75) is 120 Å². The molecule has 2 heteroatoms. The van der Waals surface area contributed by atoms with Crippen LogP contribution in [0.5, 0.6) is 0 Å². The molecular formula is C22H48O2. The molecule has 2 nitrogen and oxygen atoms in total. The van der Waals surface area contributed by atoms with Crippen LogP contribution >= 0.6 is 0 Å². The van der Waals surface area contributed by atoms with Gasteiger partial charge in [-0.05, 0) is 31.6 Å². The van der Waals surface area contributed by atoms with Gasteiger partial charge in [0.15, 0.2) is 0 Å². The maximum atomic E-state index is 11.9. The molecule has 1 fully saturated rings. The van der Waals surface area contributed by atoms with Crippen molar-refractivity contribution in [3.63, 3.8) is 0 Å². The van der Waals surface area contributed by atoms with Crippen LogP contribution in [0.4, 0.5) is 0 Å². The van der Waals surface area contributed by atoms with Gasteiger partial charge in [0.2, 0.25) is 0 Å². The Morgan fingerprint density at radius 1 is 0.958 bits per heavy atom. The van der Waals surface area contributed by atoms with Crippen LogP contribution in [0.25, 0.3) is 0 Å². The van der Waals surface area contributed by atoms with Crippen molar-refractivity contribution in [2.24, 2.45) is 11.8 Å². The molecule has 0 saturated heterocycles. The number of carbonyl (C=O) groups is 1. The van der Waals surface area contributed by atoms with Crippen molar-refractivity contribution in [3.8, 4) is 0 Å². The third kappa shape index (κ3) is 17.8. The quantitative estimate of drug-likeness (QED) is 0.440. The average Bonchev–Trinajstić information content (AvgIpc) is 2.65. The molecule has 1 saturated carbocycles. The van der Waals surface area contributed by atoms with Crippen LogP contribution in [0.1, 0.15) is 120 Å². The molecule has 0 aromatic heterocycles. The van der Waals surface area contributed by atoms with E-state index in [9.17, 15) is 4.79 Å². The number of hydrogen-bond acceptors (Lipinski definition) is 2. The van der Waals surface area contributed by atoms with E-state index in [4.69, 9.17) is 4.74 Å². The van der Waals surface area contributed by atoms with Gasteiger partial charge in [-0.25, -0.2) is 0 Å². The second kappa shape index (κ2) is 24.7. The van der Waals surface area contributed by atoms with Crippen molar-refractivity contribution < 1.29 is 9.53 Å². The predicted octanol–water partition coefficient (Wildman–Crippen LogP) is 7.80. The molecule has 0 spiro atoms. The molecule has 0 N–H and O–H groups in total. The van der Waals surface area contributed by atoms with E-state index >= 15 is 0 Å². The van der Waals surface area contributed by atoms with E-state index in [2.05, 4.69) is 27.7 Å². The molecule has 1 unspecified atom stereocenters. The highest BCUT2D eigenvalue weighted by Gasteiger charge is 2.20. The fourth-order valence-electron chi connectivity index (χ4n) is 2.61. The van der Waals surface area contributed by atoms with Gasteiger partial charge in [0, 0.05) is 0 Å². The zero-order chi connectivity index (χ0) is 19.2. The first-order valence-corrected chi connectivity index (χ1v) is 10.9. The van der Waals surface area contributed by atoms with Gasteiger partial charge in [-0.2, -0.15) is 0 Å². The summed E-state index contributed by atoms with van der Waals surface area (Å²) in [4.78, 5) is 11.9. The summed E-state index contributed by atoms with van der Waals surface area (Å²) in [6.45, 7) is 17.2.